The highest BCUT2D eigenvalue weighted by Crippen LogP contribution is 2.26. The summed E-state index contributed by atoms with van der Waals surface area (Å²) in [5.41, 5.74) is 0.801. The van der Waals surface area contributed by atoms with E-state index < -0.39 is 16.1 Å². The maximum absolute atomic E-state index is 12.2. The second-order valence-corrected chi connectivity index (χ2v) is 7.18. The molecule has 8 nitrogen and oxygen atoms in total. The summed E-state index contributed by atoms with van der Waals surface area (Å²) < 4.78 is 0. The molecule has 1 aliphatic rings. The lowest BCUT2D eigenvalue weighted by Crippen LogP contribution is -2.28. The van der Waals surface area contributed by atoms with Crippen molar-refractivity contribution in [2.24, 2.45) is 4.99 Å². The summed E-state index contributed by atoms with van der Waals surface area (Å²) in [7, 11) is 0. The molecule has 1 heterocycles. The largest absolute Gasteiger partial charge is 0.326 e. The fourth-order valence-corrected chi connectivity index (χ4v) is 3.42. The van der Waals surface area contributed by atoms with Crippen molar-refractivity contribution in [2.75, 3.05) is 5.32 Å². The van der Waals surface area contributed by atoms with Crippen LogP contribution in [-0.2, 0) is 9.59 Å². The zero-order chi connectivity index (χ0) is 19.4. The van der Waals surface area contributed by atoms with Gasteiger partial charge in [0.25, 0.3) is 5.69 Å². The average molecular weight is 405 g/mol. The number of hydrogen-bond acceptors (Lipinski definition) is 6. The van der Waals surface area contributed by atoms with E-state index in [-0.39, 0.29) is 18.0 Å². The molecule has 0 bridgehead atoms. The Balaban J connectivity index is 1.61. The van der Waals surface area contributed by atoms with E-state index in [2.05, 4.69) is 15.6 Å². The molecular weight excluding hydrogens is 392 g/mol. The van der Waals surface area contributed by atoms with Crippen LogP contribution in [0.2, 0.25) is 5.02 Å². The lowest BCUT2D eigenvalue weighted by Gasteiger charge is -2.07. The molecule has 3 rings (SSSR count). The van der Waals surface area contributed by atoms with Gasteiger partial charge < -0.3 is 10.6 Å². The summed E-state index contributed by atoms with van der Waals surface area (Å²) in [6.45, 7) is 0. The van der Waals surface area contributed by atoms with E-state index >= 15 is 0 Å². The molecule has 10 heteroatoms. The predicted octanol–water partition coefficient (Wildman–Crippen LogP) is 3.50. The molecule has 0 spiro atoms. The number of nitro groups is 1. The minimum absolute atomic E-state index is 0.0845. The molecule has 2 aromatic rings. The van der Waals surface area contributed by atoms with Crippen LogP contribution in [0, 0.1) is 10.1 Å². The van der Waals surface area contributed by atoms with Gasteiger partial charge in [-0.3, -0.25) is 19.7 Å². The van der Waals surface area contributed by atoms with E-state index in [0.717, 1.165) is 11.8 Å². The number of nitrogens with one attached hydrogen (secondary N) is 2. The monoisotopic (exact) mass is 404 g/mol. The number of carbonyl (C=O) groups is 2. The van der Waals surface area contributed by atoms with E-state index in [1.807, 2.05) is 0 Å². The third-order valence-corrected chi connectivity index (χ3v) is 4.88. The number of non-ortho nitro benzene ring substituents is 1. The Morgan fingerprint density at radius 3 is 2.74 bits per heavy atom. The first kappa shape index (κ1) is 18.9. The number of thioether (sulfide) groups is 1. The molecule has 2 N–H and O–H groups in total. The molecule has 0 aromatic heterocycles. The Morgan fingerprint density at radius 2 is 2.04 bits per heavy atom. The molecule has 0 aliphatic carbocycles. The first-order chi connectivity index (χ1) is 12.9. The number of rotatable bonds is 5. The number of halogens is 1. The molecule has 1 aliphatic heterocycles. The summed E-state index contributed by atoms with van der Waals surface area (Å²) in [4.78, 5) is 38.8. The van der Waals surface area contributed by atoms with Crippen LogP contribution >= 0.6 is 23.4 Å². The van der Waals surface area contributed by atoms with Crippen molar-refractivity contribution in [1.82, 2.24) is 5.32 Å². The number of hydrogen-bond donors (Lipinski definition) is 2. The first-order valence-corrected chi connectivity index (χ1v) is 9.02. The van der Waals surface area contributed by atoms with E-state index in [1.165, 1.54) is 18.2 Å². The normalized spacial score (nSPS) is 17.6. The van der Waals surface area contributed by atoms with Crippen molar-refractivity contribution in [2.45, 2.75) is 11.7 Å². The van der Waals surface area contributed by atoms with Gasteiger partial charge >= 0.3 is 0 Å². The molecular formula is C17H13ClN4O4S. The highest BCUT2D eigenvalue weighted by atomic mass is 35.5. The molecule has 1 atom stereocenters. The Kier molecular flexibility index (Phi) is 5.72. The van der Waals surface area contributed by atoms with Crippen LogP contribution in [0.15, 0.2) is 53.5 Å². The van der Waals surface area contributed by atoms with Crippen LogP contribution < -0.4 is 10.6 Å². The predicted molar refractivity (Wildman–Crippen MR) is 104 cm³/mol. The number of carbonyl (C=O) groups excluding carboxylic acids is 2. The van der Waals surface area contributed by atoms with Crippen LogP contribution in [0.3, 0.4) is 0 Å². The fourth-order valence-electron chi connectivity index (χ4n) is 2.30. The number of amidine groups is 1. The Bertz CT molecular complexity index is 933. The zero-order valence-electron chi connectivity index (χ0n) is 13.7. The molecule has 0 saturated carbocycles. The van der Waals surface area contributed by atoms with Gasteiger partial charge in [0.15, 0.2) is 5.17 Å². The maximum Gasteiger partial charge on any atom is 0.271 e. The Hall–Kier alpha value is -2.91. The van der Waals surface area contributed by atoms with Gasteiger partial charge in [0, 0.05) is 29.3 Å². The molecule has 2 amide bonds. The average Bonchev–Trinajstić information content (AvgIpc) is 2.96. The van der Waals surface area contributed by atoms with Gasteiger partial charge in [0.2, 0.25) is 11.8 Å². The Morgan fingerprint density at radius 1 is 1.30 bits per heavy atom. The Labute approximate surface area is 163 Å². The van der Waals surface area contributed by atoms with Crippen LogP contribution in [0.4, 0.5) is 17.1 Å². The van der Waals surface area contributed by atoms with Crippen LogP contribution in [0.5, 0.6) is 0 Å². The molecule has 1 saturated heterocycles. The van der Waals surface area contributed by atoms with Crippen molar-refractivity contribution >= 4 is 57.4 Å². The van der Waals surface area contributed by atoms with Crippen molar-refractivity contribution in [3.05, 3.63) is 63.7 Å². The standard InChI is InChI=1S/C17H13ClN4O4S/c18-10-4-6-11(7-5-10)20-17-21-16(24)14(27-17)9-15(23)19-12-2-1-3-13(8-12)22(25)26/h1-8,14H,9H2,(H,19,23)(H,20,21,24)/t14-/m1/s1. The molecule has 27 heavy (non-hydrogen) atoms. The van der Waals surface area contributed by atoms with E-state index in [0.29, 0.717) is 21.6 Å². The summed E-state index contributed by atoms with van der Waals surface area (Å²) in [6.07, 6.45) is -0.0845. The number of aliphatic imine (C=N–C) groups is 1. The summed E-state index contributed by atoms with van der Waals surface area (Å²) in [5, 5.41) is 16.3. The van der Waals surface area contributed by atoms with Crippen LogP contribution in [0.1, 0.15) is 6.42 Å². The smallest absolute Gasteiger partial charge is 0.271 e. The molecule has 0 radical (unpaired) electrons. The van der Waals surface area contributed by atoms with Crippen molar-refractivity contribution in [3.63, 3.8) is 0 Å². The first-order valence-electron chi connectivity index (χ1n) is 7.77. The van der Waals surface area contributed by atoms with Gasteiger partial charge in [-0.1, -0.05) is 29.4 Å². The van der Waals surface area contributed by atoms with Gasteiger partial charge in [0.05, 0.1) is 10.6 Å². The van der Waals surface area contributed by atoms with Gasteiger partial charge in [-0.25, -0.2) is 4.99 Å². The lowest BCUT2D eigenvalue weighted by atomic mass is 10.2. The molecule has 1 fully saturated rings. The minimum atomic E-state index is -0.630. The number of nitro benzene ring substituents is 1. The number of nitrogens with zero attached hydrogens (tertiary/aromatic N) is 2. The van der Waals surface area contributed by atoms with Gasteiger partial charge in [-0.2, -0.15) is 0 Å². The third kappa shape index (κ3) is 5.05. The highest BCUT2D eigenvalue weighted by molar-refractivity contribution is 8.15. The third-order valence-electron chi connectivity index (χ3n) is 3.55. The molecule has 138 valence electrons. The van der Waals surface area contributed by atoms with Crippen LogP contribution in [-0.4, -0.2) is 27.2 Å². The highest BCUT2D eigenvalue weighted by Gasteiger charge is 2.32. The fraction of sp³-hybridized carbons (Fsp3) is 0.118. The molecule has 0 unspecified atom stereocenters. The van der Waals surface area contributed by atoms with Gasteiger partial charge in [-0.15, -0.1) is 0 Å². The summed E-state index contributed by atoms with van der Waals surface area (Å²) in [5.74, 6) is -0.738. The lowest BCUT2D eigenvalue weighted by molar-refractivity contribution is -0.384. The van der Waals surface area contributed by atoms with Crippen LogP contribution in [0.25, 0.3) is 0 Å². The van der Waals surface area contributed by atoms with E-state index in [4.69, 9.17) is 11.6 Å². The zero-order valence-corrected chi connectivity index (χ0v) is 15.3. The second kappa shape index (κ2) is 8.19. The number of benzene rings is 2. The number of amides is 2. The second-order valence-electron chi connectivity index (χ2n) is 5.55. The maximum atomic E-state index is 12.2. The minimum Gasteiger partial charge on any atom is -0.326 e. The topological polar surface area (TPSA) is 114 Å². The van der Waals surface area contributed by atoms with E-state index in [1.54, 1.807) is 30.3 Å². The quantitative estimate of drug-likeness (QED) is 0.584. The SMILES string of the molecule is O=C(C[C@H]1SC(=Nc2ccc(Cl)cc2)NC1=O)Nc1cccc([N+](=O)[O-])c1. The molecule has 2 aromatic carbocycles. The number of anilines is 1. The van der Waals surface area contributed by atoms with Crippen molar-refractivity contribution in [1.29, 1.82) is 0 Å². The van der Waals surface area contributed by atoms with Gasteiger partial charge in [-0.05, 0) is 30.3 Å². The van der Waals surface area contributed by atoms with Crippen molar-refractivity contribution in [3.8, 4) is 0 Å². The van der Waals surface area contributed by atoms with Crippen molar-refractivity contribution < 1.29 is 14.5 Å². The summed E-state index contributed by atoms with van der Waals surface area (Å²) >= 11 is 6.97. The summed E-state index contributed by atoms with van der Waals surface area (Å²) in [6, 6.07) is 12.4. The van der Waals surface area contributed by atoms with E-state index in [9.17, 15) is 19.7 Å². The van der Waals surface area contributed by atoms with Gasteiger partial charge in [0.1, 0.15) is 5.25 Å².